The third-order valence-corrected chi connectivity index (χ3v) is 7.05. The number of primary amides is 1. The van der Waals surface area contributed by atoms with E-state index in [0.717, 1.165) is 22.6 Å². The lowest BCUT2D eigenvalue weighted by atomic mass is 9.82. The van der Waals surface area contributed by atoms with Crippen LogP contribution in [0.2, 0.25) is 0 Å². The molecular formula is C25H31N5O4. The van der Waals surface area contributed by atoms with Gasteiger partial charge in [-0.1, -0.05) is 6.92 Å². The number of carbonyl (C=O) groups is 3. The van der Waals surface area contributed by atoms with Crippen molar-refractivity contribution >= 4 is 35.0 Å². The first kappa shape index (κ1) is 23.4. The zero-order valence-electron chi connectivity index (χ0n) is 19.7. The molecule has 1 saturated heterocycles. The van der Waals surface area contributed by atoms with E-state index < -0.39 is 12.0 Å². The number of amides is 3. The Morgan fingerprint density at radius 3 is 2.21 bits per heavy atom. The van der Waals surface area contributed by atoms with Crippen molar-refractivity contribution in [3.8, 4) is 0 Å². The topological polar surface area (TPSA) is 119 Å². The van der Waals surface area contributed by atoms with Crippen LogP contribution in [0.1, 0.15) is 42.7 Å². The third kappa shape index (κ3) is 4.37. The SMILES string of the molecule is CC(=O)N1c2ccc(N3CCN(C(=O)O)CC3)cc2[C@H](Nc2ccc(C(N)=O)cc2)[C@@H](C)[C@@H]1C. The Labute approximate surface area is 199 Å². The van der Waals surface area contributed by atoms with Gasteiger partial charge < -0.3 is 30.9 Å². The Morgan fingerprint density at radius 2 is 1.65 bits per heavy atom. The molecule has 4 rings (SSSR count). The zero-order chi connectivity index (χ0) is 24.6. The van der Waals surface area contributed by atoms with Gasteiger partial charge in [0.15, 0.2) is 0 Å². The van der Waals surface area contributed by atoms with Gasteiger partial charge in [-0.15, -0.1) is 0 Å². The number of hydrogen-bond acceptors (Lipinski definition) is 5. The van der Waals surface area contributed by atoms with E-state index in [0.29, 0.717) is 31.7 Å². The minimum Gasteiger partial charge on any atom is -0.465 e. The van der Waals surface area contributed by atoms with E-state index in [1.54, 1.807) is 19.1 Å². The number of anilines is 3. The Balaban J connectivity index is 1.68. The molecule has 2 aromatic rings. The van der Waals surface area contributed by atoms with Gasteiger partial charge in [-0.3, -0.25) is 9.59 Å². The van der Waals surface area contributed by atoms with Crippen molar-refractivity contribution in [2.24, 2.45) is 11.7 Å². The van der Waals surface area contributed by atoms with E-state index in [2.05, 4.69) is 30.1 Å². The number of benzene rings is 2. The quantitative estimate of drug-likeness (QED) is 0.638. The van der Waals surface area contributed by atoms with Crippen LogP contribution in [0.25, 0.3) is 0 Å². The van der Waals surface area contributed by atoms with Crippen molar-refractivity contribution in [1.82, 2.24) is 4.90 Å². The first-order valence-corrected chi connectivity index (χ1v) is 11.5. The summed E-state index contributed by atoms with van der Waals surface area (Å²) in [7, 11) is 0. The molecule has 2 aliphatic rings. The van der Waals surface area contributed by atoms with Crippen molar-refractivity contribution in [2.75, 3.05) is 41.3 Å². The fourth-order valence-electron chi connectivity index (χ4n) is 4.96. The van der Waals surface area contributed by atoms with Crippen LogP contribution in [0.4, 0.5) is 21.9 Å². The zero-order valence-corrected chi connectivity index (χ0v) is 19.7. The van der Waals surface area contributed by atoms with E-state index in [1.807, 2.05) is 29.2 Å². The smallest absolute Gasteiger partial charge is 0.407 e. The van der Waals surface area contributed by atoms with Gasteiger partial charge in [0.05, 0.1) is 6.04 Å². The monoisotopic (exact) mass is 465 g/mol. The van der Waals surface area contributed by atoms with Gasteiger partial charge in [0.25, 0.3) is 0 Å². The highest BCUT2D eigenvalue weighted by atomic mass is 16.4. The molecule has 0 aromatic heterocycles. The average Bonchev–Trinajstić information content (AvgIpc) is 2.82. The molecule has 9 nitrogen and oxygen atoms in total. The normalized spacial score (nSPS) is 22.2. The average molecular weight is 466 g/mol. The van der Waals surface area contributed by atoms with E-state index in [-0.39, 0.29) is 23.9 Å². The van der Waals surface area contributed by atoms with Gasteiger partial charge in [0.2, 0.25) is 11.8 Å². The Bertz CT molecular complexity index is 1090. The molecule has 0 radical (unpaired) electrons. The highest BCUT2D eigenvalue weighted by molar-refractivity contribution is 5.94. The predicted molar refractivity (Wildman–Crippen MR) is 131 cm³/mol. The van der Waals surface area contributed by atoms with Gasteiger partial charge in [-0.2, -0.15) is 0 Å². The highest BCUT2D eigenvalue weighted by Gasteiger charge is 2.38. The Hall–Kier alpha value is -3.75. The van der Waals surface area contributed by atoms with Gasteiger partial charge in [-0.05, 0) is 49.4 Å². The molecule has 2 aromatic carbocycles. The predicted octanol–water partition coefficient (Wildman–Crippen LogP) is 3.13. The molecule has 0 saturated carbocycles. The summed E-state index contributed by atoms with van der Waals surface area (Å²) in [6, 6.07) is 13.1. The number of nitrogens with zero attached hydrogens (tertiary/aromatic N) is 3. The minimum absolute atomic E-state index is 0.00677. The van der Waals surface area contributed by atoms with Crippen molar-refractivity contribution < 1.29 is 19.5 Å². The first-order valence-electron chi connectivity index (χ1n) is 11.5. The van der Waals surface area contributed by atoms with Crippen LogP contribution in [0.3, 0.4) is 0 Å². The lowest BCUT2D eigenvalue weighted by Gasteiger charge is -2.45. The van der Waals surface area contributed by atoms with Gasteiger partial charge in [0.1, 0.15) is 0 Å². The molecule has 0 bridgehead atoms. The van der Waals surface area contributed by atoms with Gasteiger partial charge in [0, 0.05) is 73.3 Å². The highest BCUT2D eigenvalue weighted by Crippen LogP contribution is 2.44. The molecule has 2 aliphatic heterocycles. The summed E-state index contributed by atoms with van der Waals surface area (Å²) in [6.07, 6.45) is -0.892. The maximum absolute atomic E-state index is 12.6. The van der Waals surface area contributed by atoms with Gasteiger partial charge >= 0.3 is 6.09 Å². The van der Waals surface area contributed by atoms with Crippen LogP contribution >= 0.6 is 0 Å². The van der Waals surface area contributed by atoms with E-state index in [1.165, 1.54) is 4.90 Å². The molecule has 3 amide bonds. The fraction of sp³-hybridized carbons (Fsp3) is 0.400. The van der Waals surface area contributed by atoms with Crippen molar-refractivity contribution in [3.05, 3.63) is 53.6 Å². The van der Waals surface area contributed by atoms with Crippen LogP contribution in [-0.2, 0) is 4.79 Å². The molecule has 3 atom stereocenters. The van der Waals surface area contributed by atoms with Crippen LogP contribution in [0.15, 0.2) is 42.5 Å². The van der Waals surface area contributed by atoms with Crippen molar-refractivity contribution in [1.29, 1.82) is 0 Å². The van der Waals surface area contributed by atoms with Crippen LogP contribution in [0, 0.1) is 5.92 Å². The number of hydrogen-bond donors (Lipinski definition) is 3. The number of nitrogens with one attached hydrogen (secondary N) is 1. The number of nitrogens with two attached hydrogens (primary N) is 1. The molecule has 0 spiro atoms. The van der Waals surface area contributed by atoms with Crippen LogP contribution in [0.5, 0.6) is 0 Å². The van der Waals surface area contributed by atoms with Crippen molar-refractivity contribution in [3.63, 3.8) is 0 Å². The summed E-state index contributed by atoms with van der Waals surface area (Å²) in [6.45, 7) is 7.89. The maximum Gasteiger partial charge on any atom is 0.407 e. The van der Waals surface area contributed by atoms with E-state index >= 15 is 0 Å². The Kier molecular flexibility index (Phi) is 6.37. The number of piperazine rings is 1. The second-order valence-electron chi connectivity index (χ2n) is 9.05. The summed E-state index contributed by atoms with van der Waals surface area (Å²) >= 11 is 0. The Morgan fingerprint density at radius 1 is 1.00 bits per heavy atom. The molecule has 0 aliphatic carbocycles. The second kappa shape index (κ2) is 9.24. The maximum atomic E-state index is 12.6. The van der Waals surface area contributed by atoms with Crippen molar-refractivity contribution in [2.45, 2.75) is 32.9 Å². The number of carboxylic acid groups (broad SMARTS) is 1. The third-order valence-electron chi connectivity index (χ3n) is 7.05. The largest absolute Gasteiger partial charge is 0.465 e. The molecule has 0 unspecified atom stereocenters. The fourth-order valence-corrected chi connectivity index (χ4v) is 4.96. The summed E-state index contributed by atoms with van der Waals surface area (Å²) in [4.78, 5) is 40.7. The minimum atomic E-state index is -0.892. The molecule has 180 valence electrons. The van der Waals surface area contributed by atoms with Crippen LogP contribution < -0.4 is 20.9 Å². The standard InChI is InChI=1S/C25H31N5O4/c1-15-16(2)30(17(3)31)22-9-8-20(28-10-12-29(13-11-28)25(33)34)14-21(22)23(15)27-19-6-4-18(5-7-19)24(26)32/h4-9,14-16,23,27H,10-13H2,1-3H3,(H2,26,32)(H,33,34)/t15-,16-,23+/m0/s1. The molecular weight excluding hydrogens is 434 g/mol. The molecule has 9 heteroatoms. The molecule has 1 fully saturated rings. The number of carbonyl (C=O) groups excluding carboxylic acids is 2. The molecule has 34 heavy (non-hydrogen) atoms. The molecule has 2 heterocycles. The van der Waals surface area contributed by atoms with Gasteiger partial charge in [-0.25, -0.2) is 4.79 Å². The summed E-state index contributed by atoms with van der Waals surface area (Å²) in [5.41, 5.74) is 9.56. The molecule has 4 N–H and O–H groups in total. The first-order chi connectivity index (χ1) is 16.2. The summed E-state index contributed by atoms with van der Waals surface area (Å²) in [5, 5.41) is 12.8. The summed E-state index contributed by atoms with van der Waals surface area (Å²) < 4.78 is 0. The van der Waals surface area contributed by atoms with E-state index in [4.69, 9.17) is 5.73 Å². The van der Waals surface area contributed by atoms with E-state index in [9.17, 15) is 19.5 Å². The number of rotatable bonds is 4. The van der Waals surface area contributed by atoms with Crippen LogP contribution in [-0.4, -0.2) is 60.1 Å². The number of fused-ring (bicyclic) bond motifs is 1. The second-order valence-corrected chi connectivity index (χ2v) is 9.05. The summed E-state index contributed by atoms with van der Waals surface area (Å²) in [5.74, 6) is -0.375. The lowest BCUT2D eigenvalue weighted by Crippen LogP contribution is -2.49. The lowest BCUT2D eigenvalue weighted by molar-refractivity contribution is -0.117.